The van der Waals surface area contributed by atoms with E-state index in [1.165, 1.54) is 6.08 Å². The van der Waals surface area contributed by atoms with Crippen molar-refractivity contribution in [1.29, 1.82) is 0 Å². The van der Waals surface area contributed by atoms with E-state index in [2.05, 4.69) is 21.4 Å². The van der Waals surface area contributed by atoms with E-state index in [1.807, 2.05) is 37.3 Å². The standard InChI is InChI=1S/C21H16ClN3O/c1-13-10-14(22)6-8-18(13)25-21(26)9-7-15-11-17-16-4-2-3-5-19(16)24-20(17)12-23-15/h2-12,24H,1H3,(H,25,26)/b9-7+. The highest BCUT2D eigenvalue weighted by Gasteiger charge is 2.05. The van der Waals surface area contributed by atoms with E-state index in [-0.39, 0.29) is 5.91 Å². The molecule has 2 heterocycles. The van der Waals surface area contributed by atoms with E-state index < -0.39 is 0 Å². The van der Waals surface area contributed by atoms with E-state index in [0.29, 0.717) is 5.02 Å². The molecule has 0 radical (unpaired) electrons. The summed E-state index contributed by atoms with van der Waals surface area (Å²) in [7, 11) is 0. The number of hydrogen-bond acceptors (Lipinski definition) is 2. The zero-order valence-corrected chi connectivity index (χ0v) is 14.8. The smallest absolute Gasteiger partial charge is 0.248 e. The number of aromatic amines is 1. The first-order chi connectivity index (χ1) is 12.6. The van der Waals surface area contributed by atoms with E-state index in [0.717, 1.165) is 38.8 Å². The fourth-order valence-electron chi connectivity index (χ4n) is 2.96. The number of nitrogens with zero attached hydrogens (tertiary/aromatic N) is 1. The summed E-state index contributed by atoms with van der Waals surface area (Å²) in [6.07, 6.45) is 4.98. The van der Waals surface area contributed by atoms with Crippen molar-refractivity contribution in [3.8, 4) is 0 Å². The number of fused-ring (bicyclic) bond motifs is 3. The number of rotatable bonds is 3. The highest BCUT2D eigenvalue weighted by atomic mass is 35.5. The second-order valence-corrected chi connectivity index (χ2v) is 6.54. The zero-order chi connectivity index (χ0) is 18.1. The number of H-pyrrole nitrogens is 1. The molecule has 2 aromatic carbocycles. The summed E-state index contributed by atoms with van der Waals surface area (Å²) in [4.78, 5) is 19.9. The lowest BCUT2D eigenvalue weighted by Crippen LogP contribution is -2.08. The first-order valence-corrected chi connectivity index (χ1v) is 8.59. The number of para-hydroxylation sites is 1. The lowest BCUT2D eigenvalue weighted by molar-refractivity contribution is -0.111. The molecule has 4 rings (SSSR count). The normalized spacial score (nSPS) is 11.5. The van der Waals surface area contributed by atoms with Crippen LogP contribution in [0.4, 0.5) is 5.69 Å². The van der Waals surface area contributed by atoms with Crippen molar-refractivity contribution in [2.24, 2.45) is 0 Å². The van der Waals surface area contributed by atoms with Crippen molar-refractivity contribution in [2.75, 3.05) is 5.32 Å². The van der Waals surface area contributed by atoms with Crippen molar-refractivity contribution in [2.45, 2.75) is 6.92 Å². The number of halogens is 1. The number of nitrogens with one attached hydrogen (secondary N) is 2. The molecule has 2 aromatic heterocycles. The second-order valence-electron chi connectivity index (χ2n) is 6.11. The van der Waals surface area contributed by atoms with Crippen molar-refractivity contribution in [1.82, 2.24) is 9.97 Å². The predicted octanol–water partition coefficient (Wildman–Crippen LogP) is 5.33. The van der Waals surface area contributed by atoms with Crippen LogP contribution in [-0.4, -0.2) is 15.9 Å². The average Bonchev–Trinajstić information content (AvgIpc) is 3.00. The van der Waals surface area contributed by atoms with Gasteiger partial charge in [-0.25, -0.2) is 0 Å². The molecule has 0 aliphatic heterocycles. The van der Waals surface area contributed by atoms with Crippen LogP contribution in [0.15, 0.2) is 60.8 Å². The molecule has 26 heavy (non-hydrogen) atoms. The molecule has 0 aliphatic rings. The summed E-state index contributed by atoms with van der Waals surface area (Å²) in [6, 6.07) is 15.4. The molecule has 0 aliphatic carbocycles. The van der Waals surface area contributed by atoms with Crippen LogP contribution < -0.4 is 5.32 Å². The number of pyridine rings is 1. The maximum Gasteiger partial charge on any atom is 0.248 e. The molecule has 4 aromatic rings. The maximum atomic E-state index is 12.2. The van der Waals surface area contributed by atoms with Crippen molar-refractivity contribution < 1.29 is 4.79 Å². The first-order valence-electron chi connectivity index (χ1n) is 8.22. The molecule has 0 saturated heterocycles. The van der Waals surface area contributed by atoms with Gasteiger partial charge < -0.3 is 10.3 Å². The summed E-state index contributed by atoms with van der Waals surface area (Å²) in [6.45, 7) is 1.90. The molecule has 5 heteroatoms. The van der Waals surface area contributed by atoms with Crippen LogP contribution in [0.25, 0.3) is 27.9 Å². The summed E-state index contributed by atoms with van der Waals surface area (Å²) in [5, 5.41) is 5.72. The van der Waals surface area contributed by atoms with Gasteiger partial charge >= 0.3 is 0 Å². The van der Waals surface area contributed by atoms with Crippen molar-refractivity contribution in [3.63, 3.8) is 0 Å². The molecule has 0 atom stereocenters. The van der Waals surface area contributed by atoms with Gasteiger partial charge in [-0.05, 0) is 48.9 Å². The fraction of sp³-hybridized carbons (Fsp3) is 0.0476. The monoisotopic (exact) mass is 361 g/mol. The van der Waals surface area contributed by atoms with E-state index >= 15 is 0 Å². The summed E-state index contributed by atoms with van der Waals surface area (Å²) < 4.78 is 0. The van der Waals surface area contributed by atoms with Gasteiger partial charge in [0.15, 0.2) is 0 Å². The van der Waals surface area contributed by atoms with Crippen molar-refractivity contribution in [3.05, 3.63) is 77.1 Å². The van der Waals surface area contributed by atoms with Gasteiger partial charge in [0.1, 0.15) is 0 Å². The number of anilines is 1. The third-order valence-corrected chi connectivity index (χ3v) is 4.50. The molecule has 0 bridgehead atoms. The topological polar surface area (TPSA) is 57.8 Å². The maximum absolute atomic E-state index is 12.2. The van der Waals surface area contributed by atoms with Gasteiger partial charge in [0, 0.05) is 33.1 Å². The second kappa shape index (κ2) is 6.65. The molecule has 0 spiro atoms. The van der Waals surface area contributed by atoms with Gasteiger partial charge in [-0.15, -0.1) is 0 Å². The van der Waals surface area contributed by atoms with Gasteiger partial charge in [0.2, 0.25) is 5.91 Å². The largest absolute Gasteiger partial charge is 0.353 e. The Hall–Kier alpha value is -3.11. The van der Waals surface area contributed by atoms with Gasteiger partial charge in [0.05, 0.1) is 17.4 Å². The Balaban J connectivity index is 1.57. The summed E-state index contributed by atoms with van der Waals surface area (Å²) in [5.74, 6) is -0.212. The number of aryl methyl sites for hydroxylation is 1. The number of benzene rings is 2. The Kier molecular flexibility index (Phi) is 4.19. The molecule has 0 saturated carbocycles. The number of aromatic nitrogens is 2. The van der Waals surface area contributed by atoms with Gasteiger partial charge in [-0.1, -0.05) is 29.8 Å². The number of carbonyl (C=O) groups is 1. The Labute approximate surface area is 155 Å². The van der Waals surface area contributed by atoms with Crippen LogP contribution in [0.5, 0.6) is 0 Å². The van der Waals surface area contributed by atoms with Crippen LogP contribution in [-0.2, 0) is 4.79 Å². The SMILES string of the molecule is Cc1cc(Cl)ccc1NC(=O)/C=C/c1cc2c(cn1)[nH]c1ccccc12. The zero-order valence-electron chi connectivity index (χ0n) is 14.1. The van der Waals surface area contributed by atoms with Gasteiger partial charge in [-0.3, -0.25) is 9.78 Å². The molecule has 0 fully saturated rings. The third kappa shape index (κ3) is 3.19. The molecule has 128 valence electrons. The highest BCUT2D eigenvalue weighted by Crippen LogP contribution is 2.25. The summed E-state index contributed by atoms with van der Waals surface area (Å²) in [5.41, 5.74) is 4.43. The van der Waals surface area contributed by atoms with Gasteiger partial charge in [0.25, 0.3) is 0 Å². The first kappa shape index (κ1) is 16.4. The predicted molar refractivity (Wildman–Crippen MR) is 107 cm³/mol. The van der Waals surface area contributed by atoms with E-state index in [9.17, 15) is 4.79 Å². The van der Waals surface area contributed by atoms with E-state index in [4.69, 9.17) is 11.6 Å². The molecule has 4 nitrogen and oxygen atoms in total. The Morgan fingerprint density at radius 3 is 2.81 bits per heavy atom. The summed E-state index contributed by atoms with van der Waals surface area (Å²) >= 11 is 5.94. The van der Waals surface area contributed by atoms with Crippen LogP contribution in [0.2, 0.25) is 5.02 Å². The average molecular weight is 362 g/mol. The number of hydrogen-bond donors (Lipinski definition) is 2. The minimum Gasteiger partial charge on any atom is -0.353 e. The number of amides is 1. The number of carbonyl (C=O) groups excluding carboxylic acids is 1. The van der Waals surface area contributed by atoms with Crippen LogP contribution in [0.3, 0.4) is 0 Å². The van der Waals surface area contributed by atoms with Gasteiger partial charge in [-0.2, -0.15) is 0 Å². The molecular formula is C21H16ClN3O. The molecular weight excluding hydrogens is 346 g/mol. The minimum absolute atomic E-state index is 0.212. The minimum atomic E-state index is -0.212. The molecule has 1 amide bonds. The fourth-order valence-corrected chi connectivity index (χ4v) is 3.19. The Bertz CT molecular complexity index is 1160. The van der Waals surface area contributed by atoms with Crippen LogP contribution >= 0.6 is 11.6 Å². The third-order valence-electron chi connectivity index (χ3n) is 4.26. The van der Waals surface area contributed by atoms with E-state index in [1.54, 1.807) is 24.4 Å². The quantitative estimate of drug-likeness (QED) is 0.484. The molecule has 2 N–H and O–H groups in total. The van der Waals surface area contributed by atoms with Crippen molar-refractivity contribution >= 4 is 51.1 Å². The highest BCUT2D eigenvalue weighted by molar-refractivity contribution is 6.30. The lowest BCUT2D eigenvalue weighted by atomic mass is 10.1. The molecule has 0 unspecified atom stereocenters. The van der Waals surface area contributed by atoms with Crippen LogP contribution in [0.1, 0.15) is 11.3 Å². The Morgan fingerprint density at radius 1 is 1.12 bits per heavy atom. The Morgan fingerprint density at radius 2 is 1.96 bits per heavy atom. The lowest BCUT2D eigenvalue weighted by Gasteiger charge is -2.06. The van der Waals surface area contributed by atoms with Crippen LogP contribution in [0, 0.1) is 6.92 Å².